The van der Waals surface area contributed by atoms with Crippen molar-refractivity contribution in [3.63, 3.8) is 0 Å². The van der Waals surface area contributed by atoms with E-state index in [1.807, 2.05) is 80.7 Å². The highest BCUT2D eigenvalue weighted by Crippen LogP contribution is 2.25. The lowest BCUT2D eigenvalue weighted by Gasteiger charge is -2.26. The number of benzene rings is 2. The normalized spacial score (nSPS) is 10.8. The summed E-state index contributed by atoms with van der Waals surface area (Å²) in [4.78, 5) is 18.9. The van der Waals surface area contributed by atoms with Gasteiger partial charge in [-0.3, -0.25) is 4.79 Å². The fraction of sp³-hybridized carbons (Fsp3) is 0.238. The minimum absolute atomic E-state index is 0.00276. The van der Waals surface area contributed by atoms with Gasteiger partial charge in [-0.2, -0.15) is 0 Å². The van der Waals surface area contributed by atoms with Crippen LogP contribution in [0.3, 0.4) is 0 Å². The summed E-state index contributed by atoms with van der Waals surface area (Å²) in [6.45, 7) is 5.98. The van der Waals surface area contributed by atoms with E-state index >= 15 is 0 Å². The Morgan fingerprint density at radius 3 is 2.38 bits per heavy atom. The molecular weight excluding hydrogens is 344 g/mol. The van der Waals surface area contributed by atoms with Crippen molar-refractivity contribution in [3.05, 3.63) is 65.7 Å². The number of ether oxygens (including phenoxy) is 1. The molecule has 1 amide bonds. The molecule has 0 N–H and O–H groups in total. The Kier molecular flexibility index (Phi) is 5.68. The van der Waals surface area contributed by atoms with E-state index in [-0.39, 0.29) is 18.6 Å². The number of nitrogens with zero attached hydrogens (tertiary/aromatic N) is 2. The molecular formula is C21H22N2O2S. The number of aromatic nitrogens is 1. The fourth-order valence-corrected chi connectivity index (χ4v) is 3.52. The summed E-state index contributed by atoms with van der Waals surface area (Å²) in [5.74, 6) is 0.609. The first-order valence-electron chi connectivity index (χ1n) is 8.57. The number of hydrogen-bond donors (Lipinski definition) is 0. The van der Waals surface area contributed by atoms with Gasteiger partial charge < -0.3 is 9.64 Å². The van der Waals surface area contributed by atoms with Crippen molar-refractivity contribution in [3.8, 4) is 16.3 Å². The molecule has 26 heavy (non-hydrogen) atoms. The van der Waals surface area contributed by atoms with Crippen LogP contribution in [0.1, 0.15) is 19.5 Å². The monoisotopic (exact) mass is 366 g/mol. The van der Waals surface area contributed by atoms with Crippen LogP contribution in [0.2, 0.25) is 0 Å². The molecule has 0 atom stereocenters. The molecule has 0 aliphatic rings. The lowest BCUT2D eigenvalue weighted by Crippen LogP contribution is -2.40. The topological polar surface area (TPSA) is 42.4 Å². The summed E-state index contributed by atoms with van der Waals surface area (Å²) < 4.78 is 5.71. The second-order valence-corrected chi connectivity index (χ2v) is 7.16. The van der Waals surface area contributed by atoms with E-state index in [4.69, 9.17) is 4.74 Å². The summed E-state index contributed by atoms with van der Waals surface area (Å²) in [6, 6.07) is 17.4. The molecule has 0 bridgehead atoms. The number of para-hydroxylation sites is 1. The summed E-state index contributed by atoms with van der Waals surface area (Å²) >= 11 is 1.62. The van der Waals surface area contributed by atoms with Crippen molar-refractivity contribution < 1.29 is 9.53 Å². The maximum Gasteiger partial charge on any atom is 0.265 e. The second kappa shape index (κ2) is 8.15. The van der Waals surface area contributed by atoms with Gasteiger partial charge in [-0.15, -0.1) is 11.3 Å². The average molecular weight is 366 g/mol. The molecule has 0 saturated carbocycles. The van der Waals surface area contributed by atoms with Crippen molar-refractivity contribution in [2.24, 2.45) is 0 Å². The van der Waals surface area contributed by atoms with Gasteiger partial charge in [0.15, 0.2) is 6.61 Å². The van der Waals surface area contributed by atoms with E-state index in [2.05, 4.69) is 4.98 Å². The quantitative estimate of drug-likeness (QED) is 0.621. The number of hydrogen-bond acceptors (Lipinski definition) is 4. The minimum Gasteiger partial charge on any atom is -0.484 e. The largest absolute Gasteiger partial charge is 0.484 e. The molecule has 3 rings (SSSR count). The minimum atomic E-state index is -0.0641. The maximum atomic E-state index is 12.6. The molecule has 1 aromatic heterocycles. The molecule has 1 heterocycles. The van der Waals surface area contributed by atoms with E-state index < -0.39 is 0 Å². The van der Waals surface area contributed by atoms with Crippen LogP contribution in [0.25, 0.3) is 10.6 Å². The molecule has 0 fully saturated rings. The zero-order valence-corrected chi connectivity index (χ0v) is 16.0. The van der Waals surface area contributed by atoms with Crippen LogP contribution in [0.15, 0.2) is 60.0 Å². The molecule has 0 radical (unpaired) electrons. The van der Waals surface area contributed by atoms with Crippen LogP contribution in [0.5, 0.6) is 5.75 Å². The van der Waals surface area contributed by atoms with Gasteiger partial charge in [0, 0.05) is 28.4 Å². The van der Waals surface area contributed by atoms with Crippen LogP contribution >= 0.6 is 11.3 Å². The van der Waals surface area contributed by atoms with Gasteiger partial charge in [0.2, 0.25) is 0 Å². The molecule has 0 unspecified atom stereocenters. The number of carbonyl (C=O) groups excluding carboxylic acids is 1. The molecule has 0 saturated heterocycles. The molecule has 0 spiro atoms. The SMILES string of the molecule is Cc1csc(-c2ccc(OCC(=O)N(c3ccccc3)C(C)C)cc2)n1. The van der Waals surface area contributed by atoms with Crippen LogP contribution in [-0.4, -0.2) is 23.5 Å². The van der Waals surface area contributed by atoms with Gasteiger partial charge in [-0.1, -0.05) is 18.2 Å². The number of rotatable bonds is 6. The van der Waals surface area contributed by atoms with Crippen LogP contribution in [0, 0.1) is 6.92 Å². The first kappa shape index (κ1) is 18.1. The van der Waals surface area contributed by atoms with Crippen molar-refractivity contribution in [1.29, 1.82) is 0 Å². The third-order valence-corrected chi connectivity index (χ3v) is 4.91. The summed E-state index contributed by atoms with van der Waals surface area (Å²) in [6.07, 6.45) is 0. The van der Waals surface area contributed by atoms with Crippen LogP contribution < -0.4 is 9.64 Å². The van der Waals surface area contributed by atoms with E-state index in [1.54, 1.807) is 16.2 Å². The number of anilines is 1. The molecule has 4 nitrogen and oxygen atoms in total. The number of carbonyl (C=O) groups is 1. The van der Waals surface area contributed by atoms with Crippen LogP contribution in [0.4, 0.5) is 5.69 Å². The Balaban J connectivity index is 1.65. The van der Waals surface area contributed by atoms with Gasteiger partial charge in [-0.25, -0.2) is 4.98 Å². The van der Waals surface area contributed by atoms with Gasteiger partial charge in [0.25, 0.3) is 5.91 Å². The van der Waals surface area contributed by atoms with Gasteiger partial charge in [0.05, 0.1) is 0 Å². The summed E-state index contributed by atoms with van der Waals surface area (Å²) in [5.41, 5.74) is 2.95. The standard InChI is InChI=1S/C21H22N2O2S/c1-15(2)23(18-7-5-4-6-8-18)20(24)13-25-19-11-9-17(10-12-19)21-22-16(3)14-26-21/h4-12,14-15H,13H2,1-3H3. The Bertz CT molecular complexity index is 857. The van der Waals surface area contributed by atoms with E-state index in [0.717, 1.165) is 22.0 Å². The summed E-state index contributed by atoms with van der Waals surface area (Å²) in [7, 11) is 0. The molecule has 3 aromatic rings. The highest BCUT2D eigenvalue weighted by molar-refractivity contribution is 7.13. The number of amides is 1. The van der Waals surface area contributed by atoms with Crippen molar-refractivity contribution >= 4 is 22.9 Å². The first-order chi connectivity index (χ1) is 12.5. The Morgan fingerprint density at radius 1 is 1.12 bits per heavy atom. The van der Waals surface area contributed by atoms with E-state index in [1.165, 1.54) is 0 Å². The highest BCUT2D eigenvalue weighted by atomic mass is 32.1. The smallest absolute Gasteiger partial charge is 0.265 e. The van der Waals surface area contributed by atoms with Crippen molar-refractivity contribution in [2.45, 2.75) is 26.8 Å². The molecule has 5 heteroatoms. The van der Waals surface area contributed by atoms with Gasteiger partial charge in [0.1, 0.15) is 10.8 Å². The highest BCUT2D eigenvalue weighted by Gasteiger charge is 2.19. The Morgan fingerprint density at radius 2 is 1.81 bits per heavy atom. The second-order valence-electron chi connectivity index (χ2n) is 6.30. The van der Waals surface area contributed by atoms with Gasteiger partial charge >= 0.3 is 0 Å². The van der Waals surface area contributed by atoms with E-state index in [0.29, 0.717) is 5.75 Å². The van der Waals surface area contributed by atoms with Crippen molar-refractivity contribution in [2.75, 3.05) is 11.5 Å². The third-order valence-electron chi connectivity index (χ3n) is 3.90. The lowest BCUT2D eigenvalue weighted by atomic mass is 10.2. The Hall–Kier alpha value is -2.66. The first-order valence-corrected chi connectivity index (χ1v) is 9.45. The predicted octanol–water partition coefficient (Wildman–Crippen LogP) is 4.94. The number of aryl methyl sites for hydroxylation is 1. The molecule has 0 aliphatic heterocycles. The lowest BCUT2D eigenvalue weighted by molar-refractivity contribution is -0.120. The Labute approximate surface area is 158 Å². The van der Waals surface area contributed by atoms with Crippen molar-refractivity contribution in [1.82, 2.24) is 4.98 Å². The fourth-order valence-electron chi connectivity index (χ4n) is 2.71. The summed E-state index contributed by atoms with van der Waals surface area (Å²) in [5, 5.41) is 3.02. The number of thiazole rings is 1. The van der Waals surface area contributed by atoms with Crippen LogP contribution in [-0.2, 0) is 4.79 Å². The third kappa shape index (κ3) is 4.29. The molecule has 0 aliphatic carbocycles. The zero-order chi connectivity index (χ0) is 18.5. The predicted molar refractivity (Wildman–Crippen MR) is 107 cm³/mol. The maximum absolute atomic E-state index is 12.6. The zero-order valence-electron chi connectivity index (χ0n) is 15.2. The molecule has 2 aromatic carbocycles. The van der Waals surface area contributed by atoms with E-state index in [9.17, 15) is 4.79 Å². The molecule has 134 valence electrons. The average Bonchev–Trinajstić information content (AvgIpc) is 3.07. The van der Waals surface area contributed by atoms with Gasteiger partial charge in [-0.05, 0) is 57.2 Å².